The molecular formula is C12H26N2O2S2. The van der Waals surface area contributed by atoms with Crippen molar-refractivity contribution in [1.29, 1.82) is 0 Å². The summed E-state index contributed by atoms with van der Waals surface area (Å²) in [6, 6.07) is 0. The van der Waals surface area contributed by atoms with Crippen LogP contribution in [0.3, 0.4) is 0 Å². The molecule has 0 radical (unpaired) electrons. The van der Waals surface area contributed by atoms with Crippen LogP contribution in [0.5, 0.6) is 0 Å². The molecular weight excluding hydrogens is 268 g/mol. The lowest BCUT2D eigenvalue weighted by molar-refractivity contribution is 0.270. The maximum absolute atomic E-state index is 11.7. The van der Waals surface area contributed by atoms with Crippen LogP contribution < -0.4 is 5.32 Å². The lowest BCUT2D eigenvalue weighted by Crippen LogP contribution is -2.49. The van der Waals surface area contributed by atoms with Crippen LogP contribution in [-0.4, -0.2) is 62.6 Å². The van der Waals surface area contributed by atoms with Crippen molar-refractivity contribution in [2.75, 3.05) is 43.9 Å². The highest BCUT2D eigenvalue weighted by molar-refractivity contribution is 8.00. The molecule has 0 aromatic carbocycles. The maximum Gasteiger partial charge on any atom is 0.164 e. The molecule has 0 spiro atoms. The molecule has 1 heterocycles. The maximum atomic E-state index is 11.7. The van der Waals surface area contributed by atoms with Gasteiger partial charge in [-0.1, -0.05) is 19.8 Å². The second-order valence-electron chi connectivity index (χ2n) is 4.85. The van der Waals surface area contributed by atoms with Crippen LogP contribution >= 0.6 is 11.8 Å². The summed E-state index contributed by atoms with van der Waals surface area (Å²) in [6.07, 6.45) is 5.06. The monoisotopic (exact) mass is 294 g/mol. The SMILES string of the molecule is CCCCCNCCN1CCSCC1S(C)(=O)=O. The number of hydrogen-bond acceptors (Lipinski definition) is 5. The van der Waals surface area contributed by atoms with E-state index in [4.69, 9.17) is 0 Å². The third-order valence-corrected chi connectivity index (χ3v) is 5.90. The third kappa shape index (κ3) is 5.91. The van der Waals surface area contributed by atoms with Crippen LogP contribution in [0.4, 0.5) is 0 Å². The molecule has 0 bridgehead atoms. The number of nitrogens with one attached hydrogen (secondary N) is 1. The van der Waals surface area contributed by atoms with Gasteiger partial charge in [0.05, 0.1) is 0 Å². The van der Waals surface area contributed by atoms with Gasteiger partial charge in [0.1, 0.15) is 5.37 Å². The van der Waals surface area contributed by atoms with E-state index in [9.17, 15) is 8.42 Å². The van der Waals surface area contributed by atoms with Crippen LogP contribution in [0.2, 0.25) is 0 Å². The Morgan fingerprint density at radius 1 is 1.33 bits per heavy atom. The fraction of sp³-hybridized carbons (Fsp3) is 1.00. The van der Waals surface area contributed by atoms with Crippen molar-refractivity contribution in [1.82, 2.24) is 10.2 Å². The van der Waals surface area contributed by atoms with Crippen molar-refractivity contribution in [2.24, 2.45) is 0 Å². The fourth-order valence-electron chi connectivity index (χ4n) is 2.11. The van der Waals surface area contributed by atoms with Crippen molar-refractivity contribution in [3.8, 4) is 0 Å². The summed E-state index contributed by atoms with van der Waals surface area (Å²) < 4.78 is 23.4. The highest BCUT2D eigenvalue weighted by atomic mass is 32.2. The van der Waals surface area contributed by atoms with E-state index in [0.29, 0.717) is 5.75 Å². The Morgan fingerprint density at radius 3 is 2.78 bits per heavy atom. The van der Waals surface area contributed by atoms with E-state index in [2.05, 4.69) is 17.1 Å². The van der Waals surface area contributed by atoms with E-state index < -0.39 is 9.84 Å². The highest BCUT2D eigenvalue weighted by Crippen LogP contribution is 2.19. The number of nitrogens with zero attached hydrogens (tertiary/aromatic N) is 1. The van der Waals surface area contributed by atoms with E-state index in [1.54, 1.807) is 11.8 Å². The van der Waals surface area contributed by atoms with Gasteiger partial charge < -0.3 is 5.32 Å². The van der Waals surface area contributed by atoms with Crippen LogP contribution in [-0.2, 0) is 9.84 Å². The summed E-state index contributed by atoms with van der Waals surface area (Å²) in [7, 11) is -2.95. The van der Waals surface area contributed by atoms with Crippen LogP contribution in [0.15, 0.2) is 0 Å². The minimum atomic E-state index is -2.95. The van der Waals surface area contributed by atoms with Crippen LogP contribution in [0.1, 0.15) is 26.2 Å². The zero-order valence-corrected chi connectivity index (χ0v) is 13.2. The first-order chi connectivity index (χ1) is 8.55. The summed E-state index contributed by atoms with van der Waals surface area (Å²) in [5.74, 6) is 1.76. The topological polar surface area (TPSA) is 49.4 Å². The molecule has 1 aliphatic rings. The van der Waals surface area contributed by atoms with Gasteiger partial charge in [-0.15, -0.1) is 0 Å². The number of rotatable bonds is 8. The molecule has 0 aromatic rings. The zero-order chi connectivity index (χ0) is 13.4. The minimum Gasteiger partial charge on any atom is -0.315 e. The lowest BCUT2D eigenvalue weighted by atomic mass is 10.2. The van der Waals surface area contributed by atoms with Crippen molar-refractivity contribution >= 4 is 21.6 Å². The standard InChI is InChI=1S/C12H26N2O2S2/c1-3-4-5-6-13-7-8-14-9-10-17-11-12(14)18(2,15)16/h12-13H,3-11H2,1-2H3. The van der Waals surface area contributed by atoms with Gasteiger partial charge in [-0.25, -0.2) is 8.42 Å². The molecule has 108 valence electrons. The molecule has 1 aliphatic heterocycles. The van der Waals surface area contributed by atoms with Crippen LogP contribution in [0, 0.1) is 0 Å². The van der Waals surface area contributed by atoms with Crippen LogP contribution in [0.25, 0.3) is 0 Å². The normalized spacial score (nSPS) is 22.2. The van der Waals surface area contributed by atoms with Gasteiger partial charge >= 0.3 is 0 Å². The Morgan fingerprint density at radius 2 is 2.11 bits per heavy atom. The van der Waals surface area contributed by atoms with Crippen molar-refractivity contribution in [3.63, 3.8) is 0 Å². The summed E-state index contributed by atoms with van der Waals surface area (Å²) in [4.78, 5) is 2.11. The molecule has 0 aliphatic carbocycles. The average molecular weight is 294 g/mol. The van der Waals surface area contributed by atoms with Gasteiger partial charge in [-0.2, -0.15) is 11.8 Å². The molecule has 0 amide bonds. The molecule has 1 saturated heterocycles. The van der Waals surface area contributed by atoms with E-state index in [1.807, 2.05) is 0 Å². The fourth-order valence-corrected chi connectivity index (χ4v) is 5.09. The van der Waals surface area contributed by atoms with Gasteiger partial charge in [0.2, 0.25) is 0 Å². The Balaban J connectivity index is 2.26. The zero-order valence-electron chi connectivity index (χ0n) is 11.5. The van der Waals surface area contributed by atoms with Gasteiger partial charge in [-0.05, 0) is 13.0 Å². The molecule has 1 unspecified atom stereocenters. The first-order valence-corrected chi connectivity index (χ1v) is 9.88. The Labute approximate surface area is 116 Å². The summed E-state index contributed by atoms with van der Waals surface area (Å²) in [5, 5.41) is 3.11. The van der Waals surface area contributed by atoms with Crippen molar-refractivity contribution in [2.45, 2.75) is 31.6 Å². The lowest BCUT2D eigenvalue weighted by Gasteiger charge is -2.33. The third-order valence-electron chi connectivity index (χ3n) is 3.22. The first-order valence-electron chi connectivity index (χ1n) is 6.77. The first kappa shape index (κ1) is 16.3. The molecule has 18 heavy (non-hydrogen) atoms. The quantitative estimate of drug-likeness (QED) is 0.681. The predicted octanol–water partition coefficient (Wildman–Crippen LogP) is 1.19. The van der Waals surface area contributed by atoms with Gasteiger partial charge in [0.15, 0.2) is 9.84 Å². The molecule has 1 N–H and O–H groups in total. The smallest absolute Gasteiger partial charge is 0.164 e. The predicted molar refractivity (Wildman–Crippen MR) is 79.9 cm³/mol. The average Bonchev–Trinajstić information content (AvgIpc) is 2.33. The van der Waals surface area contributed by atoms with Gasteiger partial charge in [-0.3, -0.25) is 4.90 Å². The molecule has 1 rings (SSSR count). The molecule has 1 atom stereocenters. The second kappa shape index (κ2) is 8.40. The van der Waals surface area contributed by atoms with Gasteiger partial charge in [0.25, 0.3) is 0 Å². The van der Waals surface area contributed by atoms with Crippen molar-refractivity contribution < 1.29 is 8.42 Å². The molecule has 0 aromatic heterocycles. The Bertz CT molecular complexity index is 320. The molecule has 4 nitrogen and oxygen atoms in total. The number of sulfone groups is 1. The number of hydrogen-bond donors (Lipinski definition) is 1. The van der Waals surface area contributed by atoms with Gasteiger partial charge in [0, 0.05) is 37.4 Å². The van der Waals surface area contributed by atoms with E-state index in [0.717, 1.165) is 31.9 Å². The minimum absolute atomic E-state index is 0.284. The largest absolute Gasteiger partial charge is 0.315 e. The summed E-state index contributed by atoms with van der Waals surface area (Å²) in [5.41, 5.74) is 0. The Kier molecular flexibility index (Phi) is 7.60. The molecule has 1 fully saturated rings. The summed E-state index contributed by atoms with van der Waals surface area (Å²) >= 11 is 1.74. The van der Waals surface area contributed by atoms with Crippen molar-refractivity contribution in [3.05, 3.63) is 0 Å². The van der Waals surface area contributed by atoms with E-state index in [1.165, 1.54) is 25.5 Å². The second-order valence-corrected chi connectivity index (χ2v) is 8.21. The molecule has 6 heteroatoms. The van der Waals surface area contributed by atoms with E-state index in [-0.39, 0.29) is 5.37 Å². The number of thioether (sulfide) groups is 1. The molecule has 0 saturated carbocycles. The summed E-state index contributed by atoms with van der Waals surface area (Å²) in [6.45, 7) is 5.85. The Hall–Kier alpha value is 0.220. The highest BCUT2D eigenvalue weighted by Gasteiger charge is 2.30. The number of unbranched alkanes of at least 4 members (excludes halogenated alkanes) is 2. The van der Waals surface area contributed by atoms with E-state index >= 15 is 0 Å².